The van der Waals surface area contributed by atoms with E-state index in [1.807, 2.05) is 5.38 Å². The molecule has 3 heterocycles. The number of pyridine rings is 1. The number of hydrogen-bond acceptors (Lipinski definition) is 6. The minimum atomic E-state index is -0.227. The van der Waals surface area contributed by atoms with Crippen LogP contribution >= 0.6 is 23.1 Å². The number of rotatable bonds is 3. The van der Waals surface area contributed by atoms with E-state index in [0.717, 1.165) is 0 Å². The molecule has 0 N–H and O–H groups in total. The predicted octanol–water partition coefficient (Wildman–Crippen LogP) is 2.78. The lowest BCUT2D eigenvalue weighted by molar-refractivity contribution is -0.116. The average Bonchev–Trinajstić information content (AvgIpc) is 3.14. The van der Waals surface area contributed by atoms with Gasteiger partial charge in [-0.3, -0.25) is 4.79 Å². The number of amides is 1. The molecule has 0 saturated carbocycles. The molecular formula is C15H10N4OS2. The first kappa shape index (κ1) is 14.6. The van der Waals surface area contributed by atoms with Gasteiger partial charge in [-0.15, -0.1) is 11.3 Å². The molecule has 0 aromatic carbocycles. The predicted molar refractivity (Wildman–Crippen MR) is 84.6 cm³/mol. The van der Waals surface area contributed by atoms with Crippen LogP contribution in [-0.4, -0.2) is 22.7 Å². The number of hydrogen-bond donors (Lipinski definition) is 0. The quantitative estimate of drug-likeness (QED) is 0.866. The van der Waals surface area contributed by atoms with E-state index in [1.165, 1.54) is 23.1 Å². The van der Waals surface area contributed by atoms with Crippen molar-refractivity contribution in [3.05, 3.63) is 40.9 Å². The van der Waals surface area contributed by atoms with E-state index in [9.17, 15) is 4.79 Å². The van der Waals surface area contributed by atoms with E-state index in [0.29, 0.717) is 34.1 Å². The minimum absolute atomic E-state index is 0.00638. The third-order valence-corrected chi connectivity index (χ3v) is 5.42. The van der Waals surface area contributed by atoms with Crippen molar-refractivity contribution in [3.63, 3.8) is 0 Å². The molecule has 0 radical (unpaired) electrons. The van der Waals surface area contributed by atoms with E-state index in [4.69, 9.17) is 10.5 Å². The van der Waals surface area contributed by atoms with E-state index < -0.39 is 0 Å². The third-order valence-electron chi connectivity index (χ3n) is 3.29. The van der Waals surface area contributed by atoms with Gasteiger partial charge in [-0.2, -0.15) is 10.5 Å². The van der Waals surface area contributed by atoms with Crippen LogP contribution < -0.4 is 4.90 Å². The molecule has 1 aliphatic rings. The van der Waals surface area contributed by atoms with Gasteiger partial charge in [-0.1, -0.05) is 11.8 Å². The van der Waals surface area contributed by atoms with Crippen LogP contribution in [0.1, 0.15) is 17.5 Å². The van der Waals surface area contributed by atoms with Gasteiger partial charge in [0.2, 0.25) is 5.91 Å². The van der Waals surface area contributed by atoms with E-state index >= 15 is 0 Å². The number of thioether (sulfide) groups is 1. The normalized spacial score (nSPS) is 17.3. The van der Waals surface area contributed by atoms with Crippen LogP contribution in [0.3, 0.4) is 0 Å². The largest absolute Gasteiger partial charge is 0.302 e. The lowest BCUT2D eigenvalue weighted by Gasteiger charge is -2.14. The molecule has 1 amide bonds. The maximum atomic E-state index is 12.5. The van der Waals surface area contributed by atoms with E-state index in [-0.39, 0.29) is 11.2 Å². The zero-order chi connectivity index (χ0) is 15.5. The fourth-order valence-electron chi connectivity index (χ4n) is 2.25. The summed E-state index contributed by atoms with van der Waals surface area (Å²) in [6, 6.07) is 9.23. The van der Waals surface area contributed by atoms with Crippen LogP contribution in [0.5, 0.6) is 0 Å². The molecule has 7 heteroatoms. The van der Waals surface area contributed by atoms with Crippen molar-refractivity contribution in [1.82, 2.24) is 4.98 Å². The molecule has 108 valence electrons. The highest BCUT2D eigenvalue weighted by Crippen LogP contribution is 2.36. The Morgan fingerprint density at radius 3 is 3.00 bits per heavy atom. The van der Waals surface area contributed by atoms with Crippen LogP contribution in [0.2, 0.25) is 0 Å². The number of carbonyl (C=O) groups is 1. The highest BCUT2D eigenvalue weighted by atomic mass is 32.2. The van der Waals surface area contributed by atoms with E-state index in [1.54, 1.807) is 29.3 Å². The number of carbonyl (C=O) groups excluding carboxylic acids is 1. The van der Waals surface area contributed by atoms with Gasteiger partial charge in [0.25, 0.3) is 0 Å². The Morgan fingerprint density at radius 1 is 1.36 bits per heavy atom. The Labute approximate surface area is 135 Å². The van der Waals surface area contributed by atoms with Gasteiger partial charge in [-0.05, 0) is 30.0 Å². The van der Waals surface area contributed by atoms with E-state index in [2.05, 4.69) is 17.1 Å². The molecule has 22 heavy (non-hydrogen) atoms. The second-order valence-corrected chi connectivity index (χ2v) is 6.75. The van der Waals surface area contributed by atoms with Gasteiger partial charge in [-0.25, -0.2) is 4.98 Å². The molecule has 3 rings (SSSR count). The van der Waals surface area contributed by atoms with Crippen molar-refractivity contribution in [2.24, 2.45) is 0 Å². The highest BCUT2D eigenvalue weighted by Gasteiger charge is 2.35. The van der Waals surface area contributed by atoms with Crippen LogP contribution in [-0.2, 0) is 4.79 Å². The summed E-state index contributed by atoms with van der Waals surface area (Å²) in [7, 11) is 0. The van der Waals surface area contributed by atoms with Crippen LogP contribution in [0, 0.1) is 22.7 Å². The number of anilines is 1. The molecule has 1 fully saturated rings. The second kappa shape index (κ2) is 6.18. The summed E-state index contributed by atoms with van der Waals surface area (Å²) in [5.41, 5.74) is 1.07. The van der Waals surface area contributed by atoms with Gasteiger partial charge in [0.15, 0.2) is 0 Å². The molecule has 1 atom stereocenters. The smallest absolute Gasteiger partial charge is 0.241 e. The van der Waals surface area contributed by atoms with Crippen LogP contribution in [0.25, 0.3) is 0 Å². The monoisotopic (exact) mass is 326 g/mol. The summed E-state index contributed by atoms with van der Waals surface area (Å²) in [5.74, 6) is -0.00638. The Bertz CT molecular complexity index is 802. The molecule has 1 saturated heterocycles. The highest BCUT2D eigenvalue weighted by molar-refractivity contribution is 8.00. The summed E-state index contributed by atoms with van der Waals surface area (Å²) in [6.45, 7) is 0.601. The lowest BCUT2D eigenvalue weighted by atomic mass is 10.3. The summed E-state index contributed by atoms with van der Waals surface area (Å²) in [5, 5.41) is 21.0. The molecular weight excluding hydrogens is 316 g/mol. The SMILES string of the molecule is N#Cc1ccnc(S[C@H]2CCN(c3sccc3C#N)C2=O)c1. The fraction of sp³-hybridized carbons (Fsp3) is 0.200. The molecule has 2 aromatic rings. The van der Waals surface area contributed by atoms with Crippen molar-refractivity contribution >= 4 is 34.0 Å². The molecule has 5 nitrogen and oxygen atoms in total. The number of nitrogens with zero attached hydrogens (tertiary/aromatic N) is 4. The van der Waals surface area contributed by atoms with Gasteiger partial charge >= 0.3 is 0 Å². The minimum Gasteiger partial charge on any atom is -0.302 e. The molecule has 0 unspecified atom stereocenters. The first-order chi connectivity index (χ1) is 10.7. The Morgan fingerprint density at radius 2 is 2.23 bits per heavy atom. The van der Waals surface area contributed by atoms with Crippen LogP contribution in [0.15, 0.2) is 34.8 Å². The standard InChI is InChI=1S/C15H10N4OS2/c16-8-10-1-4-18-13(7-10)22-12-2-5-19(14(12)20)15-11(9-17)3-6-21-15/h1,3-4,6-7,12H,2,5H2/t12-/m0/s1. The molecule has 1 aliphatic heterocycles. The van der Waals surface area contributed by atoms with Gasteiger partial charge in [0.05, 0.1) is 27.5 Å². The number of aromatic nitrogens is 1. The van der Waals surface area contributed by atoms with Gasteiger partial charge in [0, 0.05) is 12.7 Å². The van der Waals surface area contributed by atoms with Crippen molar-refractivity contribution < 1.29 is 4.79 Å². The van der Waals surface area contributed by atoms with Crippen molar-refractivity contribution in [1.29, 1.82) is 10.5 Å². The Kier molecular flexibility index (Phi) is 4.10. The topological polar surface area (TPSA) is 80.8 Å². The van der Waals surface area contributed by atoms with Gasteiger partial charge in [0.1, 0.15) is 11.1 Å². The molecule has 2 aromatic heterocycles. The Balaban J connectivity index is 1.77. The third kappa shape index (κ3) is 2.69. The number of nitriles is 2. The zero-order valence-corrected chi connectivity index (χ0v) is 13.0. The first-order valence-electron chi connectivity index (χ1n) is 6.54. The lowest BCUT2D eigenvalue weighted by Crippen LogP contribution is -2.27. The Hall–Kier alpha value is -2.35. The first-order valence-corrected chi connectivity index (χ1v) is 8.30. The van der Waals surface area contributed by atoms with Crippen molar-refractivity contribution in [2.75, 3.05) is 11.4 Å². The zero-order valence-electron chi connectivity index (χ0n) is 11.4. The van der Waals surface area contributed by atoms with Crippen molar-refractivity contribution in [3.8, 4) is 12.1 Å². The summed E-state index contributed by atoms with van der Waals surface area (Å²) < 4.78 is 0. The second-order valence-electron chi connectivity index (χ2n) is 4.63. The maximum absolute atomic E-state index is 12.5. The molecule has 0 spiro atoms. The maximum Gasteiger partial charge on any atom is 0.241 e. The summed E-state index contributed by atoms with van der Waals surface area (Å²) >= 11 is 2.78. The average molecular weight is 326 g/mol. The number of thiophene rings is 1. The summed E-state index contributed by atoms with van der Waals surface area (Å²) in [6.07, 6.45) is 2.27. The van der Waals surface area contributed by atoms with Gasteiger partial charge < -0.3 is 4.90 Å². The van der Waals surface area contributed by atoms with Crippen molar-refractivity contribution in [2.45, 2.75) is 16.7 Å². The fourth-order valence-corrected chi connectivity index (χ4v) is 4.19. The van der Waals surface area contributed by atoms with Crippen LogP contribution in [0.4, 0.5) is 5.00 Å². The summed E-state index contributed by atoms with van der Waals surface area (Å²) in [4.78, 5) is 18.4. The molecule has 0 aliphatic carbocycles. The molecule has 0 bridgehead atoms.